The summed E-state index contributed by atoms with van der Waals surface area (Å²) in [7, 11) is 0. The summed E-state index contributed by atoms with van der Waals surface area (Å²) in [5.41, 5.74) is 0. The Balaban J connectivity index is 2.52. The van der Waals surface area contributed by atoms with Gasteiger partial charge in [0.2, 0.25) is 11.8 Å². The molecular formula is C12H21N3O2S2. The molecule has 1 aromatic rings. The van der Waals surface area contributed by atoms with E-state index in [1.54, 1.807) is 11.8 Å². The lowest BCUT2D eigenvalue weighted by Crippen LogP contribution is -2.43. The van der Waals surface area contributed by atoms with Gasteiger partial charge in [-0.15, -0.1) is 10.2 Å². The first kappa shape index (κ1) is 16.4. The Morgan fingerprint density at radius 2 is 1.89 bits per heavy atom. The molecule has 0 spiro atoms. The van der Waals surface area contributed by atoms with Crippen LogP contribution in [0.25, 0.3) is 0 Å². The molecule has 19 heavy (non-hydrogen) atoms. The first-order chi connectivity index (χ1) is 8.95. The number of nitrogens with zero attached hydrogens (tertiary/aromatic N) is 3. The van der Waals surface area contributed by atoms with E-state index >= 15 is 0 Å². The van der Waals surface area contributed by atoms with E-state index in [2.05, 4.69) is 10.2 Å². The Morgan fingerprint density at radius 1 is 1.26 bits per heavy atom. The van der Waals surface area contributed by atoms with Crippen molar-refractivity contribution in [3.63, 3.8) is 0 Å². The van der Waals surface area contributed by atoms with Crippen molar-refractivity contribution < 1.29 is 9.21 Å². The largest absolute Gasteiger partial charge is 0.415 e. The van der Waals surface area contributed by atoms with E-state index in [-0.39, 0.29) is 18.0 Å². The minimum Gasteiger partial charge on any atom is -0.415 e. The maximum atomic E-state index is 12.1. The monoisotopic (exact) mass is 303 g/mol. The summed E-state index contributed by atoms with van der Waals surface area (Å²) in [5.74, 6) is 1.73. The van der Waals surface area contributed by atoms with Crippen molar-refractivity contribution in [2.45, 2.75) is 50.8 Å². The fourth-order valence-electron chi connectivity index (χ4n) is 1.85. The highest BCUT2D eigenvalue weighted by molar-refractivity contribution is 7.99. The lowest BCUT2D eigenvalue weighted by molar-refractivity contribution is -0.131. The minimum absolute atomic E-state index is 0.0969. The topological polar surface area (TPSA) is 59.2 Å². The van der Waals surface area contributed by atoms with Crippen LogP contribution < -0.4 is 0 Å². The van der Waals surface area contributed by atoms with E-state index < -0.39 is 0 Å². The smallest absolute Gasteiger partial charge is 0.277 e. The van der Waals surface area contributed by atoms with Crippen molar-refractivity contribution in [3.05, 3.63) is 5.89 Å². The zero-order valence-corrected chi connectivity index (χ0v) is 13.7. The molecular weight excluding hydrogens is 282 g/mol. The van der Waals surface area contributed by atoms with Crippen LogP contribution in [0.5, 0.6) is 0 Å². The second-order valence-corrected chi connectivity index (χ2v) is 6.46. The van der Waals surface area contributed by atoms with Crippen LogP contribution >= 0.6 is 23.5 Å². The molecule has 0 aromatic carbocycles. The van der Waals surface area contributed by atoms with Gasteiger partial charge < -0.3 is 9.32 Å². The fraction of sp³-hybridized carbons (Fsp3) is 0.750. The number of carbonyl (C=O) groups is 1. The van der Waals surface area contributed by atoms with Crippen molar-refractivity contribution in [1.82, 2.24) is 15.1 Å². The Kier molecular flexibility index (Phi) is 6.71. The molecule has 0 N–H and O–H groups in total. The third-order valence-corrected chi connectivity index (χ3v) is 3.77. The van der Waals surface area contributed by atoms with Crippen LogP contribution in [-0.4, -0.2) is 45.1 Å². The van der Waals surface area contributed by atoms with Crippen LogP contribution in [-0.2, 0) is 10.5 Å². The zero-order valence-electron chi connectivity index (χ0n) is 12.0. The number of rotatable bonds is 7. The van der Waals surface area contributed by atoms with E-state index in [1.165, 1.54) is 11.8 Å². The predicted octanol–water partition coefficient (Wildman–Crippen LogP) is 2.67. The quantitative estimate of drug-likeness (QED) is 0.722. The van der Waals surface area contributed by atoms with E-state index in [9.17, 15) is 4.79 Å². The number of amides is 1. The molecule has 1 rings (SSSR count). The molecule has 7 heteroatoms. The summed E-state index contributed by atoms with van der Waals surface area (Å²) in [5, 5.41) is 8.30. The summed E-state index contributed by atoms with van der Waals surface area (Å²) in [6.45, 7) is 8.08. The van der Waals surface area contributed by atoms with Gasteiger partial charge in [0.1, 0.15) is 0 Å². The SMILES string of the molecule is CSCc1nnc(SCC(=O)N(C(C)C)C(C)C)o1. The van der Waals surface area contributed by atoms with E-state index in [1.807, 2.05) is 38.9 Å². The molecule has 0 unspecified atom stereocenters. The van der Waals surface area contributed by atoms with Gasteiger partial charge in [-0.2, -0.15) is 11.8 Å². The third kappa shape index (κ3) is 5.06. The second kappa shape index (κ2) is 7.79. The van der Waals surface area contributed by atoms with E-state index in [0.717, 1.165) is 0 Å². The van der Waals surface area contributed by atoms with Crippen LogP contribution in [0, 0.1) is 0 Å². The first-order valence-electron chi connectivity index (χ1n) is 6.21. The van der Waals surface area contributed by atoms with Crippen LogP contribution in [0.1, 0.15) is 33.6 Å². The number of carbonyl (C=O) groups excluding carboxylic acids is 1. The molecule has 0 radical (unpaired) electrons. The molecule has 0 saturated heterocycles. The van der Waals surface area contributed by atoms with Gasteiger partial charge in [0.05, 0.1) is 11.5 Å². The second-order valence-electron chi connectivity index (χ2n) is 4.67. The maximum absolute atomic E-state index is 12.1. The molecule has 0 aliphatic heterocycles. The number of hydrogen-bond acceptors (Lipinski definition) is 6. The predicted molar refractivity (Wildman–Crippen MR) is 79.4 cm³/mol. The summed E-state index contributed by atoms with van der Waals surface area (Å²) >= 11 is 2.92. The van der Waals surface area contributed by atoms with E-state index in [4.69, 9.17) is 4.42 Å². The molecule has 0 aliphatic rings. The highest BCUT2D eigenvalue weighted by Gasteiger charge is 2.20. The molecule has 0 atom stereocenters. The highest BCUT2D eigenvalue weighted by Crippen LogP contribution is 2.19. The summed E-state index contributed by atoms with van der Waals surface area (Å²) < 4.78 is 5.42. The molecule has 0 bridgehead atoms. The van der Waals surface area contributed by atoms with Gasteiger partial charge >= 0.3 is 0 Å². The molecule has 108 valence electrons. The standard InChI is InChI=1S/C12H21N3O2S2/c1-8(2)15(9(3)4)11(16)7-19-12-14-13-10(17-12)6-18-5/h8-9H,6-7H2,1-5H3. The normalized spacial score (nSPS) is 11.3. The highest BCUT2D eigenvalue weighted by atomic mass is 32.2. The minimum atomic E-state index is 0.0969. The molecule has 1 aromatic heterocycles. The summed E-state index contributed by atoms with van der Waals surface area (Å²) in [4.78, 5) is 14.0. The Hall–Kier alpha value is -0.690. The van der Waals surface area contributed by atoms with Crippen molar-refractivity contribution in [2.75, 3.05) is 12.0 Å². The number of thioether (sulfide) groups is 2. The van der Waals surface area contributed by atoms with Crippen LogP contribution in [0.15, 0.2) is 9.64 Å². The van der Waals surface area contributed by atoms with Crippen LogP contribution in [0.3, 0.4) is 0 Å². The Morgan fingerprint density at radius 3 is 2.42 bits per heavy atom. The summed E-state index contributed by atoms with van der Waals surface area (Å²) in [6, 6.07) is 0.394. The number of hydrogen-bond donors (Lipinski definition) is 0. The van der Waals surface area contributed by atoms with E-state index in [0.29, 0.717) is 22.6 Å². The Labute approximate surface area is 122 Å². The van der Waals surface area contributed by atoms with Gasteiger partial charge in [-0.05, 0) is 34.0 Å². The van der Waals surface area contributed by atoms with Crippen molar-refractivity contribution >= 4 is 29.4 Å². The van der Waals surface area contributed by atoms with Gasteiger partial charge in [0.15, 0.2) is 0 Å². The number of aromatic nitrogens is 2. The Bertz CT molecular complexity index is 399. The van der Waals surface area contributed by atoms with Gasteiger partial charge in [-0.25, -0.2) is 0 Å². The van der Waals surface area contributed by atoms with Crippen molar-refractivity contribution in [3.8, 4) is 0 Å². The molecule has 0 aliphatic carbocycles. The van der Waals surface area contributed by atoms with Gasteiger partial charge in [0.25, 0.3) is 5.22 Å². The third-order valence-electron chi connectivity index (χ3n) is 2.44. The molecule has 1 heterocycles. The zero-order chi connectivity index (χ0) is 14.4. The van der Waals surface area contributed by atoms with Crippen molar-refractivity contribution in [2.24, 2.45) is 0 Å². The van der Waals surface area contributed by atoms with Gasteiger partial charge in [-0.3, -0.25) is 4.79 Å². The van der Waals surface area contributed by atoms with Crippen LogP contribution in [0.2, 0.25) is 0 Å². The maximum Gasteiger partial charge on any atom is 0.277 e. The molecule has 0 fully saturated rings. The fourth-order valence-corrected chi connectivity index (χ4v) is 2.86. The molecule has 5 nitrogen and oxygen atoms in total. The van der Waals surface area contributed by atoms with Crippen LogP contribution in [0.4, 0.5) is 0 Å². The lowest BCUT2D eigenvalue weighted by atomic mass is 10.2. The van der Waals surface area contributed by atoms with Gasteiger partial charge in [-0.1, -0.05) is 11.8 Å². The average molecular weight is 303 g/mol. The lowest BCUT2D eigenvalue weighted by Gasteiger charge is -2.30. The molecule has 1 amide bonds. The molecule has 0 saturated carbocycles. The van der Waals surface area contributed by atoms with Crippen molar-refractivity contribution in [1.29, 1.82) is 0 Å². The average Bonchev–Trinajstić information content (AvgIpc) is 2.74. The summed E-state index contributed by atoms with van der Waals surface area (Å²) in [6.07, 6.45) is 1.98. The first-order valence-corrected chi connectivity index (χ1v) is 8.59. The van der Waals surface area contributed by atoms with Gasteiger partial charge in [0, 0.05) is 12.1 Å².